The predicted octanol–water partition coefficient (Wildman–Crippen LogP) is 13.1. The van der Waals surface area contributed by atoms with Crippen molar-refractivity contribution in [2.45, 2.75) is 102 Å². The summed E-state index contributed by atoms with van der Waals surface area (Å²) < 4.78 is 1.70. The number of aromatic amines is 1. The Balaban J connectivity index is 0.000000308. The molecule has 16 nitrogen and oxygen atoms in total. The Bertz CT molecular complexity index is 3550. The van der Waals surface area contributed by atoms with Crippen molar-refractivity contribution >= 4 is 181 Å². The van der Waals surface area contributed by atoms with Crippen molar-refractivity contribution < 1.29 is 73.6 Å². The summed E-state index contributed by atoms with van der Waals surface area (Å²) in [5.41, 5.74) is 3.68. The van der Waals surface area contributed by atoms with Crippen molar-refractivity contribution in [3.8, 4) is 0 Å². The first-order valence-corrected chi connectivity index (χ1v) is 34.2. The molecule has 0 fully saturated rings. The zero-order valence-electron chi connectivity index (χ0n) is 50.2. The van der Waals surface area contributed by atoms with Crippen LogP contribution in [0.4, 0.5) is 0 Å². The Morgan fingerprint density at radius 1 is 0.430 bits per heavy atom. The molecular weight excluding hydrogens is 1620 g/mol. The minimum absolute atomic E-state index is 0. The normalized spacial score (nSPS) is 12.3. The standard InChI is InChI=1S/2C19H20Cl2N2O2.C11H9Br.C8H10Cl2N2O2.C5H9BrO2.C3H2Cl2N2.2BrH/c2*20-18-19(21)23(13-22(18)10-4-3-7-17(24)25)12-14-8-9-15-5-1-2-6-16(15)11-14;12-8-9-5-6-10-3-1-2-4-11(10)7-9;9-7-8(10)12(5-11-7)4-2-1-3-6(13)14;6-4-2-1-3-5(7)8;4-2-3(5)7-1-6-2;;/h2*1-2,5-6,8-9,11H,3-4,7,10,12-13H2,(H,24,25);1-7H,8H2;5H,1-4H2,(H,13,14);1-4H2,(H,7,8);1H,(H,6,7);2*1H/p-2. The topological polar surface area (TPSA) is 209 Å². The summed E-state index contributed by atoms with van der Waals surface area (Å²) in [5, 5.41) is 46.8. The fourth-order valence-electron chi connectivity index (χ4n) is 9.04. The van der Waals surface area contributed by atoms with Crippen molar-refractivity contribution in [2.24, 2.45) is 0 Å². The highest BCUT2D eigenvalue weighted by molar-refractivity contribution is 9.09. The molecule has 10 rings (SSSR count). The average molecular weight is 1690 g/mol. The molecule has 5 N–H and O–H groups in total. The van der Waals surface area contributed by atoms with Gasteiger partial charge in [0.05, 0.1) is 26.0 Å². The van der Waals surface area contributed by atoms with E-state index in [1.54, 1.807) is 10.9 Å². The number of benzene rings is 6. The van der Waals surface area contributed by atoms with E-state index in [4.69, 9.17) is 113 Å². The molecule has 0 bridgehead atoms. The Labute approximate surface area is 619 Å². The first kappa shape index (κ1) is 82.6. The fourth-order valence-corrected chi connectivity index (χ4v) is 11.3. The van der Waals surface area contributed by atoms with E-state index in [1.165, 1.54) is 55.3 Å². The maximum Gasteiger partial charge on any atom is 0.303 e. The molecule has 0 unspecified atom stereocenters. The van der Waals surface area contributed by atoms with Crippen LogP contribution < -0.4 is 34.0 Å². The molecule has 4 heterocycles. The van der Waals surface area contributed by atoms with Crippen LogP contribution >= 0.6 is 125 Å². The summed E-state index contributed by atoms with van der Waals surface area (Å²) in [6.07, 6.45) is 9.76. The third-order valence-corrected chi connectivity index (χ3v) is 18.2. The number of nitrogens with one attached hydrogen (secondary N) is 1. The Morgan fingerprint density at radius 2 is 0.785 bits per heavy atom. The SMILES string of the molecule is BrCc1ccc2ccccc2c1.Clc1nc[nH]c1Cl.O=C(O)CCCCBr.O=C(O)CCCCN1CN(Cc2ccc3ccccc3c2)C(Cl)=C1Cl.O=C(O)CCCCN1CN(Cc2ccc3ccccc3c2)C(Cl)=C1Cl.O=C(O)CCCCn1cnc(Cl)c1Cl.[Br-].[Br-]. The van der Waals surface area contributed by atoms with Gasteiger partial charge in [0.1, 0.15) is 30.9 Å². The summed E-state index contributed by atoms with van der Waals surface area (Å²) in [5.74, 6) is -3.01. The van der Waals surface area contributed by atoms with Gasteiger partial charge >= 0.3 is 23.9 Å². The van der Waals surface area contributed by atoms with Gasteiger partial charge in [0.25, 0.3) is 0 Å². The number of hydrogen-bond donors (Lipinski definition) is 5. The number of aryl methyl sites for hydroxylation is 1. The second-order valence-electron chi connectivity index (χ2n) is 20.7. The lowest BCUT2D eigenvalue weighted by Crippen LogP contribution is -3.00. The molecule has 0 saturated carbocycles. The third kappa shape index (κ3) is 29.7. The molecule has 93 heavy (non-hydrogen) atoms. The van der Waals surface area contributed by atoms with Crippen molar-refractivity contribution in [3.05, 3.63) is 198 Å². The Kier molecular flexibility index (Phi) is 39.9. The number of rotatable bonds is 24. The molecule has 6 aromatic carbocycles. The maximum absolute atomic E-state index is 10.6. The number of carbonyl (C=O) groups is 4. The fraction of sp³-hybridized carbons (Fsp3) is 0.323. The predicted molar refractivity (Wildman–Crippen MR) is 377 cm³/mol. The smallest absolute Gasteiger partial charge is 0.303 e. The summed E-state index contributed by atoms with van der Waals surface area (Å²) in [6, 6.07) is 44.2. The van der Waals surface area contributed by atoms with E-state index in [0.29, 0.717) is 108 Å². The van der Waals surface area contributed by atoms with E-state index in [0.717, 1.165) is 42.8 Å². The number of alkyl halides is 2. The second-order valence-corrected chi connectivity index (χ2v) is 24.9. The molecule has 0 aliphatic carbocycles. The largest absolute Gasteiger partial charge is 1.00 e. The number of H-pyrrole nitrogens is 1. The number of aromatic nitrogens is 4. The van der Waals surface area contributed by atoms with Gasteiger partial charge in [0.15, 0.2) is 10.3 Å². The molecule has 0 spiro atoms. The maximum atomic E-state index is 10.6. The highest BCUT2D eigenvalue weighted by atomic mass is 79.9. The summed E-state index contributed by atoms with van der Waals surface area (Å²) in [7, 11) is 0. The first-order chi connectivity index (χ1) is 43.7. The number of nitrogens with zero attached hydrogens (tertiary/aromatic N) is 7. The molecule has 0 amide bonds. The number of unbranched alkanes of at least 4 members (excludes halogenated alkanes) is 4. The molecule has 0 saturated heterocycles. The van der Waals surface area contributed by atoms with Crippen LogP contribution in [0.15, 0.2) is 161 Å². The molecular formula is C65H70Br4Cl8N8O8-2. The highest BCUT2D eigenvalue weighted by Crippen LogP contribution is 2.33. The first-order valence-electron chi connectivity index (χ1n) is 28.9. The number of carboxylic acid groups (broad SMARTS) is 4. The number of carboxylic acids is 4. The lowest BCUT2D eigenvalue weighted by Gasteiger charge is -2.22. The van der Waals surface area contributed by atoms with Gasteiger partial charge in [-0.2, -0.15) is 0 Å². The molecule has 0 radical (unpaired) electrons. The molecule has 8 aromatic rings. The lowest BCUT2D eigenvalue weighted by molar-refractivity contribution is -0.138. The van der Waals surface area contributed by atoms with Gasteiger partial charge in [-0.1, -0.05) is 240 Å². The zero-order valence-corrected chi connectivity index (χ0v) is 62.6. The van der Waals surface area contributed by atoms with Crippen molar-refractivity contribution in [1.82, 2.24) is 39.1 Å². The van der Waals surface area contributed by atoms with Gasteiger partial charge in [-0.25, -0.2) is 9.97 Å². The average Bonchev–Trinajstić information content (AvgIpc) is 1.86. The minimum Gasteiger partial charge on any atom is -1.00 e. The monoisotopic (exact) mass is 1690 g/mol. The number of hydrogen-bond acceptors (Lipinski definition) is 10. The van der Waals surface area contributed by atoms with Crippen LogP contribution in [0, 0.1) is 0 Å². The number of fused-ring (bicyclic) bond motifs is 3. The minimum atomic E-state index is -0.778. The van der Waals surface area contributed by atoms with Gasteiger partial charge < -0.3 is 83.5 Å². The van der Waals surface area contributed by atoms with Crippen molar-refractivity contribution in [1.29, 1.82) is 0 Å². The van der Waals surface area contributed by atoms with Crippen LogP contribution in [0.25, 0.3) is 32.3 Å². The van der Waals surface area contributed by atoms with E-state index in [2.05, 4.69) is 150 Å². The lowest BCUT2D eigenvalue weighted by atomic mass is 10.1. The summed E-state index contributed by atoms with van der Waals surface area (Å²) in [4.78, 5) is 59.3. The van der Waals surface area contributed by atoms with Crippen molar-refractivity contribution in [2.75, 3.05) is 31.8 Å². The van der Waals surface area contributed by atoms with Gasteiger partial charge in [0.2, 0.25) is 0 Å². The second kappa shape index (κ2) is 44.9. The van der Waals surface area contributed by atoms with Gasteiger partial charge in [-0.3, -0.25) is 19.2 Å². The van der Waals surface area contributed by atoms with Crippen LogP contribution in [-0.2, 0) is 44.1 Å². The van der Waals surface area contributed by atoms with Gasteiger partial charge in [-0.05, 0) is 113 Å². The summed E-state index contributed by atoms with van der Waals surface area (Å²) in [6.45, 7) is 4.67. The quantitative estimate of drug-likeness (QED) is 0.0217. The van der Waals surface area contributed by atoms with E-state index in [-0.39, 0.29) is 58.4 Å². The third-order valence-electron chi connectivity index (χ3n) is 13.7. The molecule has 28 heteroatoms. The van der Waals surface area contributed by atoms with Crippen molar-refractivity contribution in [3.63, 3.8) is 0 Å². The Hall–Kier alpha value is -4.68. The number of imidazole rings is 2. The van der Waals surface area contributed by atoms with Crippen LogP contribution in [0.5, 0.6) is 0 Å². The molecule has 0 atom stereocenters. The molecule has 504 valence electrons. The van der Waals surface area contributed by atoms with E-state index < -0.39 is 23.9 Å². The number of halogens is 12. The molecule has 2 aliphatic rings. The van der Waals surface area contributed by atoms with E-state index in [9.17, 15) is 19.2 Å². The zero-order chi connectivity index (χ0) is 66.2. The van der Waals surface area contributed by atoms with Crippen LogP contribution in [-0.4, -0.2) is 115 Å². The van der Waals surface area contributed by atoms with Crippen LogP contribution in [0.1, 0.15) is 93.7 Å². The van der Waals surface area contributed by atoms with E-state index >= 15 is 0 Å². The van der Waals surface area contributed by atoms with Crippen LogP contribution in [0.3, 0.4) is 0 Å². The molecule has 2 aromatic heterocycles. The number of aliphatic carboxylic acids is 4. The van der Waals surface area contributed by atoms with Gasteiger partial charge in [-0.15, -0.1) is 0 Å². The summed E-state index contributed by atoms with van der Waals surface area (Å²) >= 11 is 54.3. The highest BCUT2D eigenvalue weighted by Gasteiger charge is 2.28. The van der Waals surface area contributed by atoms with E-state index in [1.807, 2.05) is 43.9 Å². The van der Waals surface area contributed by atoms with Crippen LogP contribution in [0.2, 0.25) is 20.6 Å². The Morgan fingerprint density at radius 3 is 1.11 bits per heavy atom. The van der Waals surface area contributed by atoms with Gasteiger partial charge in [0, 0.05) is 69.1 Å². The molecule has 2 aliphatic heterocycles.